The van der Waals surface area contributed by atoms with Gasteiger partial charge in [-0.2, -0.15) is 0 Å². The Labute approximate surface area is 118 Å². The van der Waals surface area contributed by atoms with Crippen molar-refractivity contribution in [1.82, 2.24) is 5.32 Å². The lowest BCUT2D eigenvalue weighted by molar-refractivity contribution is 0.0187. The van der Waals surface area contributed by atoms with Crippen LogP contribution in [0.5, 0.6) is 11.5 Å². The van der Waals surface area contributed by atoms with Gasteiger partial charge in [-0.05, 0) is 24.6 Å². The number of hydrogen-bond acceptors (Lipinski definition) is 4. The van der Waals surface area contributed by atoms with Crippen molar-refractivity contribution in [1.29, 1.82) is 0 Å². The minimum absolute atomic E-state index is 0.262. The third kappa shape index (κ3) is 6.16. The Morgan fingerprint density at radius 2 is 2.05 bits per heavy atom. The molecule has 0 unspecified atom stereocenters. The van der Waals surface area contributed by atoms with Gasteiger partial charge in [-0.15, -0.1) is 0 Å². The first-order valence-electron chi connectivity index (χ1n) is 6.53. The van der Waals surface area contributed by atoms with Crippen LogP contribution in [-0.2, 0) is 11.3 Å². The van der Waals surface area contributed by atoms with Crippen LogP contribution in [0.3, 0.4) is 0 Å². The maximum atomic E-state index is 11.8. The van der Waals surface area contributed by atoms with Gasteiger partial charge < -0.3 is 19.5 Å². The molecular formula is C14H21F2NO3. The summed E-state index contributed by atoms with van der Waals surface area (Å²) in [5, 5.41) is 3.11. The van der Waals surface area contributed by atoms with Crippen LogP contribution in [-0.4, -0.2) is 39.9 Å². The second kappa shape index (κ2) is 9.50. The van der Waals surface area contributed by atoms with Gasteiger partial charge in [0, 0.05) is 13.1 Å². The molecule has 0 aliphatic carbocycles. The van der Waals surface area contributed by atoms with Gasteiger partial charge >= 0.3 is 0 Å². The Bertz CT molecular complexity index is 389. The highest BCUT2D eigenvalue weighted by atomic mass is 19.3. The summed E-state index contributed by atoms with van der Waals surface area (Å²) in [6.45, 7) is 3.36. The molecule has 20 heavy (non-hydrogen) atoms. The lowest BCUT2D eigenvalue weighted by atomic mass is 10.2. The minimum Gasteiger partial charge on any atom is -0.493 e. The maximum Gasteiger partial charge on any atom is 0.261 e. The first-order chi connectivity index (χ1) is 9.67. The molecule has 0 heterocycles. The molecule has 1 aromatic rings. The van der Waals surface area contributed by atoms with E-state index in [1.807, 2.05) is 25.1 Å². The molecule has 114 valence electrons. The smallest absolute Gasteiger partial charge is 0.261 e. The molecule has 0 fully saturated rings. The molecule has 0 bridgehead atoms. The van der Waals surface area contributed by atoms with Gasteiger partial charge in [-0.25, -0.2) is 8.78 Å². The molecule has 0 saturated carbocycles. The van der Waals surface area contributed by atoms with Gasteiger partial charge in [-0.1, -0.05) is 6.07 Å². The summed E-state index contributed by atoms with van der Waals surface area (Å²) in [6, 6.07) is 5.67. The average Bonchev–Trinajstić information content (AvgIpc) is 2.44. The number of rotatable bonds is 10. The van der Waals surface area contributed by atoms with E-state index in [0.717, 1.165) is 5.56 Å². The van der Waals surface area contributed by atoms with E-state index in [-0.39, 0.29) is 6.61 Å². The maximum absolute atomic E-state index is 11.8. The highest BCUT2D eigenvalue weighted by molar-refractivity contribution is 5.42. The van der Waals surface area contributed by atoms with Crippen molar-refractivity contribution in [3.63, 3.8) is 0 Å². The van der Waals surface area contributed by atoms with Crippen LogP contribution >= 0.6 is 0 Å². The third-order valence-electron chi connectivity index (χ3n) is 2.52. The monoisotopic (exact) mass is 289 g/mol. The number of nitrogens with one attached hydrogen (secondary N) is 1. The quantitative estimate of drug-likeness (QED) is 0.672. The standard InChI is InChI=1S/C14H21F2NO3/c1-3-20-12-5-4-11(8-13(12)18-2)9-17-6-7-19-10-14(15)16/h4-5,8,14,17H,3,6-7,9-10H2,1-2H3. The normalized spacial score (nSPS) is 10.8. The van der Waals surface area contributed by atoms with Crippen molar-refractivity contribution < 1.29 is 23.0 Å². The van der Waals surface area contributed by atoms with Crippen molar-refractivity contribution in [3.05, 3.63) is 23.8 Å². The number of ether oxygens (including phenoxy) is 3. The van der Waals surface area contributed by atoms with Gasteiger partial charge in [-0.3, -0.25) is 0 Å². The molecule has 1 aromatic carbocycles. The zero-order valence-electron chi connectivity index (χ0n) is 11.8. The van der Waals surface area contributed by atoms with Crippen LogP contribution in [0.2, 0.25) is 0 Å². The van der Waals surface area contributed by atoms with Crippen molar-refractivity contribution >= 4 is 0 Å². The molecular weight excluding hydrogens is 268 g/mol. The van der Waals surface area contributed by atoms with E-state index in [2.05, 4.69) is 5.32 Å². The van der Waals surface area contributed by atoms with Crippen LogP contribution in [0.25, 0.3) is 0 Å². The molecule has 0 radical (unpaired) electrons. The summed E-state index contributed by atoms with van der Waals surface area (Å²) >= 11 is 0. The SMILES string of the molecule is CCOc1ccc(CNCCOCC(F)F)cc1OC. The molecule has 1 rings (SSSR count). The van der Waals surface area contributed by atoms with E-state index in [1.165, 1.54) is 0 Å². The fourth-order valence-electron chi connectivity index (χ4n) is 1.65. The lowest BCUT2D eigenvalue weighted by Gasteiger charge is -2.11. The zero-order chi connectivity index (χ0) is 14.8. The predicted octanol–water partition coefficient (Wildman–Crippen LogP) is 2.47. The molecule has 0 aromatic heterocycles. The highest BCUT2D eigenvalue weighted by Gasteiger charge is 2.05. The number of alkyl halides is 2. The molecule has 0 saturated heterocycles. The summed E-state index contributed by atoms with van der Waals surface area (Å²) in [7, 11) is 1.59. The van der Waals surface area contributed by atoms with E-state index in [1.54, 1.807) is 7.11 Å². The second-order valence-electron chi connectivity index (χ2n) is 4.06. The van der Waals surface area contributed by atoms with Gasteiger partial charge in [0.15, 0.2) is 11.5 Å². The van der Waals surface area contributed by atoms with Crippen molar-refractivity contribution in [2.75, 3.05) is 33.5 Å². The molecule has 0 aliphatic rings. The number of benzene rings is 1. The predicted molar refractivity (Wildman–Crippen MR) is 72.7 cm³/mol. The number of methoxy groups -OCH3 is 1. The summed E-state index contributed by atoms with van der Waals surface area (Å²) in [6.07, 6.45) is -2.41. The third-order valence-corrected chi connectivity index (χ3v) is 2.52. The van der Waals surface area contributed by atoms with E-state index < -0.39 is 13.0 Å². The van der Waals surface area contributed by atoms with Crippen molar-refractivity contribution in [2.45, 2.75) is 19.9 Å². The van der Waals surface area contributed by atoms with Gasteiger partial charge in [0.2, 0.25) is 0 Å². The van der Waals surface area contributed by atoms with E-state index in [4.69, 9.17) is 14.2 Å². The summed E-state index contributed by atoms with van der Waals surface area (Å²) in [5.41, 5.74) is 1.03. The molecule has 0 spiro atoms. The molecule has 4 nitrogen and oxygen atoms in total. The van der Waals surface area contributed by atoms with Crippen LogP contribution in [0, 0.1) is 0 Å². The summed E-state index contributed by atoms with van der Waals surface area (Å²) in [5.74, 6) is 1.39. The van der Waals surface area contributed by atoms with Crippen molar-refractivity contribution in [2.24, 2.45) is 0 Å². The topological polar surface area (TPSA) is 39.7 Å². The van der Waals surface area contributed by atoms with Gasteiger partial charge in [0.1, 0.15) is 6.61 Å². The Balaban J connectivity index is 2.33. The van der Waals surface area contributed by atoms with E-state index in [0.29, 0.717) is 31.2 Å². The van der Waals surface area contributed by atoms with Gasteiger partial charge in [0.05, 0.1) is 20.3 Å². The van der Waals surface area contributed by atoms with Crippen molar-refractivity contribution in [3.8, 4) is 11.5 Å². The minimum atomic E-state index is -2.41. The Morgan fingerprint density at radius 1 is 1.25 bits per heavy atom. The Morgan fingerprint density at radius 3 is 2.70 bits per heavy atom. The Kier molecular flexibility index (Phi) is 7.91. The van der Waals surface area contributed by atoms with E-state index in [9.17, 15) is 8.78 Å². The Hall–Kier alpha value is -1.40. The van der Waals surface area contributed by atoms with Crippen LogP contribution in [0.1, 0.15) is 12.5 Å². The molecule has 1 N–H and O–H groups in total. The van der Waals surface area contributed by atoms with Crippen LogP contribution < -0.4 is 14.8 Å². The zero-order valence-corrected chi connectivity index (χ0v) is 11.8. The highest BCUT2D eigenvalue weighted by Crippen LogP contribution is 2.27. The largest absolute Gasteiger partial charge is 0.493 e. The summed E-state index contributed by atoms with van der Waals surface area (Å²) in [4.78, 5) is 0. The molecule has 0 amide bonds. The molecule has 6 heteroatoms. The summed E-state index contributed by atoms with van der Waals surface area (Å²) < 4.78 is 39.1. The van der Waals surface area contributed by atoms with Crippen LogP contribution in [0.15, 0.2) is 18.2 Å². The fourth-order valence-corrected chi connectivity index (χ4v) is 1.65. The van der Waals surface area contributed by atoms with E-state index >= 15 is 0 Å². The first kappa shape index (κ1) is 16.7. The average molecular weight is 289 g/mol. The lowest BCUT2D eigenvalue weighted by Crippen LogP contribution is -2.20. The first-order valence-corrected chi connectivity index (χ1v) is 6.53. The number of hydrogen-bond donors (Lipinski definition) is 1. The number of halogens is 2. The molecule has 0 aliphatic heterocycles. The van der Waals surface area contributed by atoms with Crippen LogP contribution in [0.4, 0.5) is 8.78 Å². The fraction of sp³-hybridized carbons (Fsp3) is 0.571. The van der Waals surface area contributed by atoms with Gasteiger partial charge in [0.25, 0.3) is 6.43 Å². The second-order valence-corrected chi connectivity index (χ2v) is 4.06. The molecule has 0 atom stereocenters.